The average Bonchev–Trinajstić information content (AvgIpc) is 3.09. The van der Waals surface area contributed by atoms with Crippen LogP contribution < -0.4 is 10.8 Å². The van der Waals surface area contributed by atoms with E-state index in [1.54, 1.807) is 4.31 Å². The minimum atomic E-state index is -3.43. The molecule has 27 heavy (non-hydrogen) atoms. The van der Waals surface area contributed by atoms with Crippen LogP contribution in [0.15, 0.2) is 24.3 Å². The molecule has 0 saturated carbocycles. The second-order valence-electron chi connectivity index (χ2n) is 6.89. The number of hydrogen-bond acceptors (Lipinski definition) is 4. The van der Waals surface area contributed by atoms with E-state index in [1.807, 2.05) is 6.92 Å². The third-order valence-corrected chi connectivity index (χ3v) is 7.09. The number of rotatable bonds is 5. The number of carbonyl (C=O) groups excluding carboxylic acids is 1. The van der Waals surface area contributed by atoms with Gasteiger partial charge >= 0.3 is 6.03 Å². The SMILES string of the molecule is CC1CCCN1S(=O)(=O)N1CCC(ONC(=O)Nc2ccc(F)cc2)CC1. The second kappa shape index (κ2) is 8.51. The average molecular weight is 400 g/mol. The van der Waals surface area contributed by atoms with Gasteiger partial charge in [0.25, 0.3) is 10.2 Å². The van der Waals surface area contributed by atoms with Crippen molar-refractivity contribution >= 4 is 21.9 Å². The lowest BCUT2D eigenvalue weighted by Gasteiger charge is -2.34. The maximum Gasteiger partial charge on any atom is 0.343 e. The van der Waals surface area contributed by atoms with E-state index in [1.165, 1.54) is 28.6 Å². The molecule has 10 heteroatoms. The van der Waals surface area contributed by atoms with E-state index in [-0.39, 0.29) is 18.0 Å². The first-order valence-electron chi connectivity index (χ1n) is 9.11. The Hall–Kier alpha value is -1.75. The van der Waals surface area contributed by atoms with Crippen molar-refractivity contribution in [1.29, 1.82) is 0 Å². The van der Waals surface area contributed by atoms with E-state index in [0.29, 0.717) is 38.2 Å². The van der Waals surface area contributed by atoms with Crippen LogP contribution in [-0.2, 0) is 15.0 Å². The molecule has 1 unspecified atom stereocenters. The van der Waals surface area contributed by atoms with Gasteiger partial charge in [0.05, 0.1) is 6.10 Å². The van der Waals surface area contributed by atoms with Gasteiger partial charge in [-0.3, -0.25) is 4.84 Å². The van der Waals surface area contributed by atoms with E-state index in [9.17, 15) is 17.6 Å². The van der Waals surface area contributed by atoms with Crippen LogP contribution in [0.4, 0.5) is 14.9 Å². The predicted molar refractivity (Wildman–Crippen MR) is 98.6 cm³/mol. The molecule has 0 aliphatic carbocycles. The summed E-state index contributed by atoms with van der Waals surface area (Å²) in [4.78, 5) is 17.2. The number of nitrogens with one attached hydrogen (secondary N) is 2. The molecule has 150 valence electrons. The first-order chi connectivity index (χ1) is 12.9. The fourth-order valence-electron chi connectivity index (χ4n) is 3.41. The molecule has 3 rings (SSSR count). The summed E-state index contributed by atoms with van der Waals surface area (Å²) < 4.78 is 41.3. The lowest BCUT2D eigenvalue weighted by Crippen LogP contribution is -2.49. The van der Waals surface area contributed by atoms with E-state index in [2.05, 4.69) is 10.8 Å². The molecule has 0 spiro atoms. The van der Waals surface area contributed by atoms with Crippen molar-refractivity contribution in [3.63, 3.8) is 0 Å². The molecule has 1 aromatic rings. The fraction of sp³-hybridized carbons (Fsp3) is 0.588. The third-order valence-electron chi connectivity index (χ3n) is 4.94. The van der Waals surface area contributed by atoms with E-state index >= 15 is 0 Å². The van der Waals surface area contributed by atoms with Crippen molar-refractivity contribution in [2.24, 2.45) is 0 Å². The number of piperidine rings is 1. The minimum absolute atomic E-state index is 0.0424. The van der Waals surface area contributed by atoms with E-state index in [4.69, 9.17) is 4.84 Å². The molecule has 2 N–H and O–H groups in total. The Balaban J connectivity index is 1.43. The number of hydroxylamine groups is 1. The van der Waals surface area contributed by atoms with Crippen LogP contribution in [-0.4, -0.2) is 54.8 Å². The quantitative estimate of drug-likeness (QED) is 0.741. The van der Waals surface area contributed by atoms with Crippen molar-refractivity contribution in [3.8, 4) is 0 Å². The smallest absolute Gasteiger partial charge is 0.306 e. The van der Waals surface area contributed by atoms with Crippen LogP contribution in [0, 0.1) is 5.82 Å². The summed E-state index contributed by atoms with van der Waals surface area (Å²) in [5.74, 6) is -0.387. The highest BCUT2D eigenvalue weighted by Gasteiger charge is 2.37. The molecule has 2 aliphatic rings. The molecule has 2 fully saturated rings. The molecule has 1 aromatic carbocycles. The molecule has 2 amide bonds. The summed E-state index contributed by atoms with van der Waals surface area (Å²) in [6.45, 7) is 3.23. The topological polar surface area (TPSA) is 91.0 Å². The van der Waals surface area contributed by atoms with Crippen molar-refractivity contribution in [3.05, 3.63) is 30.1 Å². The van der Waals surface area contributed by atoms with Gasteiger partial charge in [-0.25, -0.2) is 14.7 Å². The van der Waals surface area contributed by atoms with Crippen LogP contribution >= 0.6 is 0 Å². The Labute approximate surface area is 158 Å². The van der Waals surface area contributed by atoms with Gasteiger partial charge in [-0.05, 0) is 56.9 Å². The lowest BCUT2D eigenvalue weighted by atomic mass is 10.1. The van der Waals surface area contributed by atoms with Gasteiger partial charge in [0, 0.05) is 31.4 Å². The Bertz CT molecular complexity index is 751. The number of carbonyl (C=O) groups is 1. The van der Waals surface area contributed by atoms with Gasteiger partial charge in [0.1, 0.15) is 5.82 Å². The summed E-state index contributed by atoms with van der Waals surface area (Å²) in [6.07, 6.45) is 2.53. The highest BCUT2D eigenvalue weighted by atomic mass is 32.2. The van der Waals surface area contributed by atoms with Gasteiger partial charge in [-0.1, -0.05) is 0 Å². The van der Waals surface area contributed by atoms with Crippen molar-refractivity contribution < 1.29 is 22.4 Å². The first-order valence-corrected chi connectivity index (χ1v) is 10.5. The zero-order valence-electron chi connectivity index (χ0n) is 15.2. The van der Waals surface area contributed by atoms with Gasteiger partial charge in [-0.15, -0.1) is 0 Å². The van der Waals surface area contributed by atoms with Gasteiger partial charge < -0.3 is 5.32 Å². The number of amides is 2. The second-order valence-corrected chi connectivity index (χ2v) is 8.77. The normalized spacial score (nSPS) is 22.7. The van der Waals surface area contributed by atoms with Gasteiger partial charge in [-0.2, -0.15) is 17.0 Å². The zero-order valence-corrected chi connectivity index (χ0v) is 16.0. The van der Waals surface area contributed by atoms with Crippen LogP contribution in [0.3, 0.4) is 0 Å². The summed E-state index contributed by atoms with van der Waals surface area (Å²) in [5, 5.41) is 2.53. The molecule has 1 atom stereocenters. The third kappa shape index (κ3) is 4.95. The molecule has 0 radical (unpaired) electrons. The molecule has 8 nitrogen and oxygen atoms in total. The molecule has 0 aromatic heterocycles. The Kier molecular flexibility index (Phi) is 6.30. The zero-order chi connectivity index (χ0) is 19.4. The highest BCUT2D eigenvalue weighted by Crippen LogP contribution is 2.25. The van der Waals surface area contributed by atoms with Crippen LogP contribution in [0.2, 0.25) is 0 Å². The molecule has 2 aliphatic heterocycles. The number of hydrogen-bond donors (Lipinski definition) is 2. The maximum atomic E-state index is 12.8. The minimum Gasteiger partial charge on any atom is -0.306 e. The molecular formula is C17H25FN4O4S. The number of anilines is 1. The number of halogens is 1. The van der Waals surface area contributed by atoms with Crippen molar-refractivity contribution in [2.45, 2.75) is 44.8 Å². The molecule has 2 heterocycles. The highest BCUT2D eigenvalue weighted by molar-refractivity contribution is 7.86. The molecule has 2 saturated heterocycles. The Morgan fingerprint density at radius 1 is 1.15 bits per heavy atom. The summed E-state index contributed by atoms with van der Waals surface area (Å²) in [6, 6.07) is 4.85. The fourth-order valence-corrected chi connectivity index (χ4v) is 5.29. The standard InChI is InChI=1S/C17H25FN4O4S/c1-13-3-2-10-22(13)27(24,25)21-11-8-16(9-12-21)26-20-17(23)19-15-6-4-14(18)5-7-15/h4-7,13,16H,2-3,8-12H2,1H3,(H2,19,20,23). The number of nitrogens with zero attached hydrogens (tertiary/aromatic N) is 2. The lowest BCUT2D eigenvalue weighted by molar-refractivity contribution is -0.0251. The monoisotopic (exact) mass is 400 g/mol. The van der Waals surface area contributed by atoms with Gasteiger partial charge in [0.15, 0.2) is 0 Å². The largest absolute Gasteiger partial charge is 0.343 e. The van der Waals surface area contributed by atoms with E-state index < -0.39 is 16.2 Å². The van der Waals surface area contributed by atoms with Crippen LogP contribution in [0.5, 0.6) is 0 Å². The Morgan fingerprint density at radius 3 is 2.41 bits per heavy atom. The maximum absolute atomic E-state index is 12.8. The number of benzene rings is 1. The molecular weight excluding hydrogens is 375 g/mol. The van der Waals surface area contributed by atoms with Gasteiger partial charge in [0.2, 0.25) is 0 Å². The molecule has 0 bridgehead atoms. The predicted octanol–water partition coefficient (Wildman–Crippen LogP) is 2.07. The summed E-state index contributed by atoms with van der Waals surface area (Å²) in [7, 11) is -3.43. The summed E-state index contributed by atoms with van der Waals surface area (Å²) >= 11 is 0. The Morgan fingerprint density at radius 2 is 1.81 bits per heavy atom. The van der Waals surface area contributed by atoms with Crippen molar-refractivity contribution in [2.75, 3.05) is 25.0 Å². The van der Waals surface area contributed by atoms with Crippen molar-refractivity contribution in [1.82, 2.24) is 14.1 Å². The van der Waals surface area contributed by atoms with Crippen LogP contribution in [0.1, 0.15) is 32.6 Å². The first kappa shape index (κ1) is 20.0. The number of urea groups is 1. The van der Waals surface area contributed by atoms with Crippen LogP contribution in [0.25, 0.3) is 0 Å². The van der Waals surface area contributed by atoms with E-state index in [0.717, 1.165) is 12.8 Å². The summed E-state index contributed by atoms with van der Waals surface area (Å²) in [5.41, 5.74) is 2.75.